The van der Waals surface area contributed by atoms with Crippen LogP contribution in [0.25, 0.3) is 0 Å². The Morgan fingerprint density at radius 1 is 1.00 bits per heavy atom. The van der Waals surface area contributed by atoms with Gasteiger partial charge in [0.25, 0.3) is 0 Å². The zero-order valence-electron chi connectivity index (χ0n) is 15.2. The molecular formula is C17H31N2O3PS. The third-order valence-corrected chi connectivity index (χ3v) is 7.61. The molecule has 0 atom stereocenters. The monoisotopic (exact) mass is 374 g/mol. The van der Waals surface area contributed by atoms with Gasteiger partial charge in [0.2, 0.25) is 0 Å². The van der Waals surface area contributed by atoms with E-state index in [0.29, 0.717) is 5.11 Å². The van der Waals surface area contributed by atoms with Gasteiger partial charge < -0.3 is 5.32 Å². The zero-order chi connectivity index (χ0) is 17.5. The molecule has 4 bridgehead atoms. The van der Waals surface area contributed by atoms with Gasteiger partial charge in [-0.15, -0.1) is 0 Å². The van der Waals surface area contributed by atoms with Crippen LogP contribution in [0.15, 0.2) is 0 Å². The summed E-state index contributed by atoms with van der Waals surface area (Å²) in [7, 11) is -3.45. The third kappa shape index (κ3) is 4.32. The molecule has 4 aliphatic rings. The number of rotatable bonds is 6. The molecule has 0 spiro atoms. The Kier molecular flexibility index (Phi) is 5.33. The molecule has 24 heavy (non-hydrogen) atoms. The maximum absolute atomic E-state index is 12.9. The summed E-state index contributed by atoms with van der Waals surface area (Å²) in [4.78, 5) is 0. The van der Waals surface area contributed by atoms with Gasteiger partial charge in [0, 0.05) is 5.54 Å². The van der Waals surface area contributed by atoms with Crippen LogP contribution in [-0.4, -0.2) is 22.9 Å². The third-order valence-electron chi connectivity index (χ3n) is 5.35. The fraction of sp³-hybridized carbons (Fsp3) is 0.941. The van der Waals surface area contributed by atoms with E-state index in [9.17, 15) is 4.57 Å². The minimum atomic E-state index is -3.45. The van der Waals surface area contributed by atoms with Crippen LogP contribution in [0.1, 0.15) is 66.2 Å². The van der Waals surface area contributed by atoms with Crippen LogP contribution in [0.4, 0.5) is 0 Å². The highest BCUT2D eigenvalue weighted by Crippen LogP contribution is 2.55. The minimum Gasteiger partial charge on any atom is -0.357 e. The Hall–Kier alpha value is -0.160. The van der Waals surface area contributed by atoms with E-state index in [1.807, 2.05) is 27.7 Å². The van der Waals surface area contributed by atoms with Crippen molar-refractivity contribution in [2.45, 2.75) is 84.0 Å². The molecule has 0 aromatic heterocycles. The molecule has 0 amide bonds. The van der Waals surface area contributed by atoms with E-state index in [0.717, 1.165) is 17.8 Å². The molecule has 4 aliphatic carbocycles. The van der Waals surface area contributed by atoms with Crippen molar-refractivity contribution in [3.63, 3.8) is 0 Å². The van der Waals surface area contributed by atoms with E-state index < -0.39 is 7.75 Å². The first-order valence-electron chi connectivity index (χ1n) is 9.24. The summed E-state index contributed by atoms with van der Waals surface area (Å²) in [6.07, 6.45) is 7.28. The Bertz CT molecular complexity index is 489. The summed E-state index contributed by atoms with van der Waals surface area (Å²) in [6.45, 7) is 7.36. The average Bonchev–Trinajstić information content (AvgIpc) is 2.32. The molecule has 0 aliphatic heterocycles. The van der Waals surface area contributed by atoms with Crippen molar-refractivity contribution >= 4 is 25.1 Å². The first-order chi connectivity index (χ1) is 11.2. The van der Waals surface area contributed by atoms with Gasteiger partial charge in [-0.1, -0.05) is 0 Å². The SMILES string of the molecule is CC(C)OP(=O)(NC(=S)NC12CC3CC(CC(C3)C1)C2)OC(C)C. The van der Waals surface area contributed by atoms with E-state index in [1.54, 1.807) is 0 Å². The summed E-state index contributed by atoms with van der Waals surface area (Å²) in [5.41, 5.74) is 0.0827. The Morgan fingerprint density at radius 2 is 1.42 bits per heavy atom. The highest BCUT2D eigenvalue weighted by Gasteiger charge is 2.51. The van der Waals surface area contributed by atoms with Crippen LogP contribution in [0.3, 0.4) is 0 Å². The highest BCUT2D eigenvalue weighted by atomic mass is 32.1. The Labute approximate surface area is 151 Å². The second-order valence-electron chi connectivity index (χ2n) is 8.57. The lowest BCUT2D eigenvalue weighted by Gasteiger charge is -2.57. The molecule has 2 N–H and O–H groups in total. The molecule has 138 valence electrons. The summed E-state index contributed by atoms with van der Waals surface area (Å²) in [5, 5.41) is 6.78. The lowest BCUT2D eigenvalue weighted by atomic mass is 9.53. The Balaban J connectivity index is 1.64. The first-order valence-corrected chi connectivity index (χ1v) is 11.2. The molecule has 0 unspecified atom stereocenters. The molecule has 0 radical (unpaired) electrons. The smallest absolute Gasteiger partial charge is 0.357 e. The molecule has 0 heterocycles. The number of hydrogen-bond acceptors (Lipinski definition) is 4. The van der Waals surface area contributed by atoms with Crippen LogP contribution < -0.4 is 10.4 Å². The number of hydrogen-bond donors (Lipinski definition) is 2. The highest BCUT2D eigenvalue weighted by molar-refractivity contribution is 7.81. The molecule has 4 saturated carbocycles. The van der Waals surface area contributed by atoms with Crippen LogP contribution >= 0.6 is 20.0 Å². The van der Waals surface area contributed by atoms with E-state index >= 15 is 0 Å². The molecule has 7 heteroatoms. The molecule has 4 rings (SSSR count). The number of thiocarbonyl (C=S) groups is 1. The standard InChI is InChI=1S/C17H31N2O3PS/c1-11(2)21-23(20,22-12(3)4)19-16(24)18-17-8-13-5-14(9-17)7-15(6-13)10-17/h11-15H,5-10H2,1-4H3,(H2,18,19,20,24). The van der Waals surface area contributed by atoms with Crippen molar-refractivity contribution in [2.24, 2.45) is 17.8 Å². The van der Waals surface area contributed by atoms with Crippen molar-refractivity contribution in [1.82, 2.24) is 10.4 Å². The predicted molar refractivity (Wildman–Crippen MR) is 99.8 cm³/mol. The van der Waals surface area contributed by atoms with Crippen molar-refractivity contribution in [3.05, 3.63) is 0 Å². The van der Waals surface area contributed by atoms with Gasteiger partial charge in [0.15, 0.2) is 5.11 Å². The molecule has 0 saturated heterocycles. The quantitative estimate of drug-likeness (QED) is 0.532. The normalized spacial score (nSPS) is 34.8. The van der Waals surface area contributed by atoms with Crippen molar-refractivity contribution in [3.8, 4) is 0 Å². The second kappa shape index (κ2) is 6.86. The van der Waals surface area contributed by atoms with Crippen molar-refractivity contribution < 1.29 is 13.6 Å². The van der Waals surface area contributed by atoms with E-state index in [2.05, 4.69) is 10.4 Å². The van der Waals surface area contributed by atoms with Crippen LogP contribution in [0.2, 0.25) is 0 Å². The summed E-state index contributed by atoms with van der Waals surface area (Å²) in [6, 6.07) is 0. The minimum absolute atomic E-state index is 0.0827. The van der Waals surface area contributed by atoms with Gasteiger partial charge in [0.05, 0.1) is 12.2 Å². The maximum atomic E-state index is 12.9. The van der Waals surface area contributed by atoms with Gasteiger partial charge in [0.1, 0.15) is 0 Å². The Morgan fingerprint density at radius 3 is 1.79 bits per heavy atom. The lowest BCUT2D eigenvalue weighted by Crippen LogP contribution is -2.61. The molecular weight excluding hydrogens is 343 g/mol. The predicted octanol–water partition coefficient (Wildman–Crippen LogP) is 4.38. The molecule has 4 fully saturated rings. The van der Waals surface area contributed by atoms with Crippen LogP contribution in [-0.2, 0) is 13.6 Å². The van der Waals surface area contributed by atoms with Crippen LogP contribution in [0.5, 0.6) is 0 Å². The van der Waals surface area contributed by atoms with Gasteiger partial charge in [-0.05, 0) is 96.2 Å². The molecule has 0 aromatic rings. The zero-order valence-corrected chi connectivity index (χ0v) is 16.9. The van der Waals surface area contributed by atoms with Crippen molar-refractivity contribution in [1.29, 1.82) is 0 Å². The molecule has 5 nitrogen and oxygen atoms in total. The van der Waals surface area contributed by atoms with Crippen molar-refractivity contribution in [2.75, 3.05) is 0 Å². The van der Waals surface area contributed by atoms with Gasteiger partial charge in [-0.3, -0.25) is 14.1 Å². The summed E-state index contributed by atoms with van der Waals surface area (Å²) < 4.78 is 24.0. The summed E-state index contributed by atoms with van der Waals surface area (Å²) in [5.74, 6) is 2.49. The van der Waals surface area contributed by atoms with Gasteiger partial charge >= 0.3 is 7.75 Å². The second-order valence-corrected chi connectivity index (χ2v) is 10.6. The maximum Gasteiger partial charge on any atom is 0.434 e. The fourth-order valence-corrected chi connectivity index (χ4v) is 7.41. The van der Waals surface area contributed by atoms with E-state index in [4.69, 9.17) is 21.3 Å². The first kappa shape index (κ1) is 18.6. The van der Waals surface area contributed by atoms with E-state index in [1.165, 1.54) is 38.5 Å². The van der Waals surface area contributed by atoms with Gasteiger partial charge in [-0.2, -0.15) is 0 Å². The fourth-order valence-electron chi connectivity index (χ4n) is 5.29. The summed E-state index contributed by atoms with van der Waals surface area (Å²) >= 11 is 5.49. The largest absolute Gasteiger partial charge is 0.434 e. The lowest BCUT2D eigenvalue weighted by molar-refractivity contribution is -0.0100. The van der Waals surface area contributed by atoms with E-state index in [-0.39, 0.29) is 17.7 Å². The average molecular weight is 374 g/mol. The molecule has 0 aromatic carbocycles. The topological polar surface area (TPSA) is 59.6 Å². The van der Waals surface area contributed by atoms with Crippen LogP contribution in [0, 0.1) is 17.8 Å². The van der Waals surface area contributed by atoms with Gasteiger partial charge in [-0.25, -0.2) is 4.57 Å². The number of nitrogens with one attached hydrogen (secondary N) is 2.